The number of rotatable bonds is 11. The first-order valence-electron chi connectivity index (χ1n) is 12.9. The average molecular weight is 587 g/mol. The van der Waals surface area contributed by atoms with Gasteiger partial charge in [-0.3, -0.25) is 4.79 Å². The lowest BCUT2D eigenvalue weighted by atomic mass is 9.68. The summed E-state index contributed by atoms with van der Waals surface area (Å²) in [7, 11) is 0. The molecule has 1 aliphatic rings. The number of halogens is 3. The van der Waals surface area contributed by atoms with E-state index in [4.69, 9.17) is 38.8 Å². The first-order valence-corrected chi connectivity index (χ1v) is 13.7. The van der Waals surface area contributed by atoms with Crippen LogP contribution in [-0.2, 0) is 10.3 Å². The third kappa shape index (κ3) is 7.41. The molecule has 0 radical (unpaired) electrons. The first-order chi connectivity index (χ1) is 18.3. The lowest BCUT2D eigenvalue weighted by molar-refractivity contribution is -0.123. The number of carbonyl (C=O) groups is 1. The van der Waals surface area contributed by atoms with Crippen LogP contribution in [0, 0.1) is 11.2 Å². The van der Waals surface area contributed by atoms with Gasteiger partial charge in [-0.1, -0.05) is 50.0 Å². The van der Waals surface area contributed by atoms with Crippen LogP contribution >= 0.6 is 23.2 Å². The Morgan fingerprint density at radius 3 is 2.49 bits per heavy atom. The maximum Gasteiger partial charge on any atom is 0.237 e. The highest BCUT2D eigenvalue weighted by molar-refractivity contribution is 6.31. The van der Waals surface area contributed by atoms with Crippen LogP contribution in [0.3, 0.4) is 0 Å². The Bertz CT molecular complexity index is 1150. The number of aliphatic hydroxyl groups is 3. The van der Waals surface area contributed by atoms with Gasteiger partial charge in [-0.05, 0) is 48.6 Å². The molecular weight excluding hydrogens is 548 g/mol. The molecule has 1 saturated heterocycles. The van der Waals surface area contributed by atoms with Gasteiger partial charge in [0.2, 0.25) is 5.91 Å². The van der Waals surface area contributed by atoms with Crippen molar-refractivity contribution in [1.82, 2.24) is 10.6 Å². The molecule has 0 bridgehead atoms. The van der Waals surface area contributed by atoms with Crippen LogP contribution in [0.2, 0.25) is 10.0 Å². The number of nitrogens with one attached hydrogen (secondary N) is 2. The molecule has 1 fully saturated rings. The molecule has 7 N–H and O–H groups in total. The normalized spacial score (nSPS) is 24.0. The lowest BCUT2D eigenvalue weighted by Crippen LogP contribution is -2.52. The van der Waals surface area contributed by atoms with Gasteiger partial charge in [0.1, 0.15) is 18.2 Å². The number of amides is 1. The van der Waals surface area contributed by atoms with Gasteiger partial charge < -0.3 is 36.4 Å². The summed E-state index contributed by atoms with van der Waals surface area (Å²) in [5, 5.41) is 35.0. The van der Waals surface area contributed by atoms with Crippen LogP contribution in [0.25, 0.3) is 0 Å². The second-order valence-electron chi connectivity index (χ2n) is 11.2. The molecule has 0 saturated carbocycles. The van der Waals surface area contributed by atoms with E-state index >= 15 is 4.39 Å². The Morgan fingerprint density at radius 2 is 1.87 bits per heavy atom. The number of carbonyl (C=O) groups excluding carboxylic acids is 1. The Morgan fingerprint density at radius 1 is 1.21 bits per heavy atom. The van der Waals surface area contributed by atoms with Gasteiger partial charge in [-0.25, -0.2) is 4.39 Å². The van der Waals surface area contributed by atoms with Crippen molar-refractivity contribution in [2.45, 2.75) is 63.3 Å². The number of hydrogen-bond acceptors (Lipinski definition) is 7. The largest absolute Gasteiger partial charge is 0.491 e. The van der Waals surface area contributed by atoms with Crippen LogP contribution in [0.4, 0.5) is 4.39 Å². The molecule has 0 spiro atoms. The molecule has 216 valence electrons. The minimum Gasteiger partial charge on any atom is -0.491 e. The van der Waals surface area contributed by atoms with E-state index in [9.17, 15) is 15.0 Å². The Kier molecular flexibility index (Phi) is 10.6. The van der Waals surface area contributed by atoms with Gasteiger partial charge in [0.15, 0.2) is 0 Å². The number of ether oxygens (including phenoxy) is 1. The van der Waals surface area contributed by atoms with Crippen molar-refractivity contribution < 1.29 is 29.2 Å². The van der Waals surface area contributed by atoms with E-state index in [0.29, 0.717) is 22.8 Å². The minimum absolute atomic E-state index is 0.0109. The maximum atomic E-state index is 15.6. The summed E-state index contributed by atoms with van der Waals surface area (Å²) in [4.78, 5) is 13.7. The van der Waals surface area contributed by atoms with E-state index in [1.807, 2.05) is 20.8 Å². The summed E-state index contributed by atoms with van der Waals surface area (Å²) in [6.07, 6.45) is -0.343. The van der Waals surface area contributed by atoms with Crippen molar-refractivity contribution in [3.05, 3.63) is 63.4 Å². The van der Waals surface area contributed by atoms with Crippen molar-refractivity contribution in [3.8, 4) is 5.75 Å². The monoisotopic (exact) mass is 585 g/mol. The summed E-state index contributed by atoms with van der Waals surface area (Å²) < 4.78 is 21.5. The highest BCUT2D eigenvalue weighted by atomic mass is 35.5. The van der Waals surface area contributed by atoms with Crippen molar-refractivity contribution in [3.63, 3.8) is 0 Å². The van der Waals surface area contributed by atoms with Crippen LogP contribution in [0.1, 0.15) is 50.7 Å². The van der Waals surface area contributed by atoms with Crippen LogP contribution < -0.4 is 21.1 Å². The molecule has 2 aromatic rings. The van der Waals surface area contributed by atoms with Gasteiger partial charge >= 0.3 is 0 Å². The fourth-order valence-corrected chi connectivity index (χ4v) is 5.60. The first kappa shape index (κ1) is 31.5. The molecule has 0 aliphatic carbocycles. The quantitative estimate of drug-likeness (QED) is 0.238. The Hall–Kier alpha value is -1.98. The molecule has 0 aromatic heterocycles. The second-order valence-corrected chi connectivity index (χ2v) is 12.0. The van der Waals surface area contributed by atoms with Crippen LogP contribution in [-0.4, -0.2) is 65.8 Å². The molecular formula is C28H38Cl2FN3O5. The topological polar surface area (TPSA) is 137 Å². The highest BCUT2D eigenvalue weighted by Gasteiger charge is 2.58. The molecule has 1 aliphatic heterocycles. The number of nitrogens with two attached hydrogens (primary N) is 1. The molecule has 1 heterocycles. The lowest BCUT2D eigenvalue weighted by Gasteiger charge is -2.40. The molecule has 8 nitrogen and oxygen atoms in total. The zero-order valence-electron chi connectivity index (χ0n) is 22.4. The summed E-state index contributed by atoms with van der Waals surface area (Å²) in [6, 6.07) is 7.69. The summed E-state index contributed by atoms with van der Waals surface area (Å²) >= 11 is 12.5. The summed E-state index contributed by atoms with van der Waals surface area (Å²) in [6.45, 7) is 5.51. The predicted molar refractivity (Wildman–Crippen MR) is 150 cm³/mol. The molecule has 0 unspecified atom stereocenters. The van der Waals surface area contributed by atoms with Gasteiger partial charge in [0, 0.05) is 39.7 Å². The maximum absolute atomic E-state index is 15.6. The zero-order valence-corrected chi connectivity index (χ0v) is 23.9. The number of hydrogen-bond donors (Lipinski definition) is 6. The Labute approximate surface area is 238 Å². The van der Waals surface area contributed by atoms with Crippen molar-refractivity contribution in [1.29, 1.82) is 0 Å². The summed E-state index contributed by atoms with van der Waals surface area (Å²) in [5.41, 5.74) is 6.23. The number of aliphatic hydroxyl groups excluding tert-OH is 3. The van der Waals surface area contributed by atoms with Crippen molar-refractivity contribution in [2.75, 3.05) is 26.4 Å². The molecule has 11 heteroatoms. The molecule has 2 aromatic carbocycles. The van der Waals surface area contributed by atoms with Crippen molar-refractivity contribution >= 4 is 29.1 Å². The van der Waals surface area contributed by atoms with E-state index in [0.717, 1.165) is 0 Å². The van der Waals surface area contributed by atoms with E-state index in [2.05, 4.69) is 10.6 Å². The van der Waals surface area contributed by atoms with Gasteiger partial charge in [-0.2, -0.15) is 0 Å². The summed E-state index contributed by atoms with van der Waals surface area (Å²) in [5.74, 6) is -1.54. The highest BCUT2D eigenvalue weighted by Crippen LogP contribution is 2.51. The van der Waals surface area contributed by atoms with E-state index in [1.54, 1.807) is 30.3 Å². The smallest absolute Gasteiger partial charge is 0.237 e. The SMILES string of the molecule is CC(C)(C)C[C@@H]1N[C@@H](C(=O)NCC[C@H](O)CO)[C@H](c2cc(Cl)ccc2OCCO)[C@@]1(N)c1ccc(Cl)cc1F. The fourth-order valence-electron chi connectivity index (χ4n) is 5.26. The minimum atomic E-state index is -1.46. The van der Waals surface area contributed by atoms with E-state index in [1.165, 1.54) is 6.07 Å². The second kappa shape index (κ2) is 13.1. The van der Waals surface area contributed by atoms with E-state index in [-0.39, 0.29) is 42.2 Å². The molecule has 39 heavy (non-hydrogen) atoms. The predicted octanol–water partition coefficient (Wildman–Crippen LogP) is 3.08. The van der Waals surface area contributed by atoms with E-state index < -0.39 is 48.0 Å². The van der Waals surface area contributed by atoms with Crippen LogP contribution in [0.5, 0.6) is 5.75 Å². The fraction of sp³-hybridized carbons (Fsp3) is 0.536. The van der Waals surface area contributed by atoms with Crippen molar-refractivity contribution in [2.24, 2.45) is 11.1 Å². The van der Waals surface area contributed by atoms with Crippen LogP contribution in [0.15, 0.2) is 36.4 Å². The Balaban J connectivity index is 2.22. The zero-order chi connectivity index (χ0) is 29.0. The third-order valence-electron chi connectivity index (χ3n) is 6.95. The third-order valence-corrected chi connectivity index (χ3v) is 7.42. The average Bonchev–Trinajstić information content (AvgIpc) is 3.13. The number of benzene rings is 2. The molecule has 5 atom stereocenters. The van der Waals surface area contributed by atoms with Gasteiger partial charge in [0.25, 0.3) is 0 Å². The molecule has 1 amide bonds. The van der Waals surface area contributed by atoms with Gasteiger partial charge in [-0.15, -0.1) is 0 Å². The standard InChI is InChI=1S/C28H38Cl2FN3O5/c1-27(2,3)14-23-28(32,20-6-4-17(30)13-21(20)31)24(19-12-16(29)5-7-22(19)39-11-10-35)25(34-23)26(38)33-9-8-18(37)15-36/h4-7,12-13,18,23-25,34-37H,8-11,14-15,32H2,1-3H3,(H,33,38)/t18-,23-,24-,25+,28+/m0/s1. The van der Waals surface area contributed by atoms with Gasteiger partial charge in [0.05, 0.1) is 30.9 Å². The molecule has 3 rings (SSSR count).